The summed E-state index contributed by atoms with van der Waals surface area (Å²) < 4.78 is 11.2. The summed E-state index contributed by atoms with van der Waals surface area (Å²) in [6.45, 7) is 4.32. The lowest BCUT2D eigenvalue weighted by Crippen LogP contribution is -2.21. The Labute approximate surface area is 120 Å². The largest absolute Gasteiger partial charge is 0.493 e. The Morgan fingerprint density at radius 1 is 1.30 bits per heavy atom. The second kappa shape index (κ2) is 7.90. The topological polar surface area (TPSA) is 51.0 Å². The Kier molecular flexibility index (Phi) is 5.87. The molecule has 1 fully saturated rings. The van der Waals surface area contributed by atoms with E-state index in [-0.39, 0.29) is 0 Å². The molecule has 0 aliphatic carbocycles. The molecule has 0 atom stereocenters. The van der Waals surface area contributed by atoms with Gasteiger partial charge in [0.15, 0.2) is 0 Å². The molecule has 1 heterocycles. The van der Waals surface area contributed by atoms with Gasteiger partial charge in [0.05, 0.1) is 12.3 Å². The fourth-order valence-electron chi connectivity index (χ4n) is 2.25. The first kappa shape index (κ1) is 14.9. The lowest BCUT2D eigenvalue weighted by molar-refractivity contribution is 0.0497. The number of rotatable bonds is 6. The molecule has 1 aliphatic rings. The Morgan fingerprint density at radius 3 is 2.65 bits per heavy atom. The predicted molar refractivity (Wildman–Crippen MR) is 78.7 cm³/mol. The van der Waals surface area contributed by atoms with Crippen molar-refractivity contribution in [1.29, 1.82) is 0 Å². The minimum Gasteiger partial charge on any atom is -0.493 e. The van der Waals surface area contributed by atoms with Gasteiger partial charge in [-0.15, -0.1) is 0 Å². The smallest absolute Gasteiger partial charge is 0.119 e. The second-order valence-electron chi connectivity index (χ2n) is 5.35. The van der Waals surface area contributed by atoms with Crippen LogP contribution in [0.5, 0.6) is 5.75 Å². The maximum atomic E-state index is 8.61. The van der Waals surface area contributed by atoms with Crippen LogP contribution in [0.1, 0.15) is 31.7 Å². The van der Waals surface area contributed by atoms with Crippen molar-refractivity contribution in [3.63, 3.8) is 0 Å². The lowest BCUT2D eigenvalue weighted by Gasteiger charge is -2.22. The van der Waals surface area contributed by atoms with Crippen molar-refractivity contribution in [2.45, 2.75) is 32.6 Å². The van der Waals surface area contributed by atoms with Crippen LogP contribution >= 0.6 is 0 Å². The Hall–Kier alpha value is -1.55. The maximum Gasteiger partial charge on any atom is 0.119 e. The summed E-state index contributed by atoms with van der Waals surface area (Å²) >= 11 is 0. The molecule has 0 amide bonds. The van der Waals surface area contributed by atoms with E-state index >= 15 is 0 Å². The molecular weight excluding hydrogens is 254 g/mol. The lowest BCUT2D eigenvalue weighted by atomic mass is 10.0. The monoisotopic (exact) mass is 277 g/mol. The van der Waals surface area contributed by atoms with Crippen molar-refractivity contribution in [1.82, 2.24) is 0 Å². The minimum atomic E-state index is 0.617. The summed E-state index contributed by atoms with van der Waals surface area (Å²) in [7, 11) is 0. The number of ether oxygens (including phenoxy) is 2. The molecule has 0 spiro atoms. The summed E-state index contributed by atoms with van der Waals surface area (Å²) in [4.78, 5) is 0. The molecular formula is C16H23NO3. The van der Waals surface area contributed by atoms with E-state index in [1.54, 1.807) is 0 Å². The summed E-state index contributed by atoms with van der Waals surface area (Å²) in [6.07, 6.45) is 3.85. The van der Waals surface area contributed by atoms with Crippen molar-refractivity contribution in [2.24, 2.45) is 11.1 Å². The van der Waals surface area contributed by atoms with E-state index in [9.17, 15) is 0 Å². The number of hydrogen-bond donors (Lipinski definition) is 1. The van der Waals surface area contributed by atoms with Crippen molar-refractivity contribution >= 4 is 5.71 Å². The zero-order chi connectivity index (χ0) is 14.2. The highest BCUT2D eigenvalue weighted by Crippen LogP contribution is 2.18. The molecule has 1 saturated heterocycles. The van der Waals surface area contributed by atoms with E-state index in [1.807, 2.05) is 19.1 Å². The van der Waals surface area contributed by atoms with Gasteiger partial charge in [0.2, 0.25) is 0 Å². The van der Waals surface area contributed by atoms with Crippen LogP contribution in [0.15, 0.2) is 29.4 Å². The zero-order valence-corrected chi connectivity index (χ0v) is 12.0. The van der Waals surface area contributed by atoms with Crippen LogP contribution in [0.3, 0.4) is 0 Å². The predicted octanol–water partition coefficient (Wildman–Crippen LogP) is 3.27. The van der Waals surface area contributed by atoms with Crippen LogP contribution in [0.25, 0.3) is 0 Å². The molecule has 2 rings (SSSR count). The number of aryl methyl sites for hydroxylation is 1. The van der Waals surface area contributed by atoms with Crippen LogP contribution in [0.4, 0.5) is 0 Å². The van der Waals surface area contributed by atoms with Gasteiger partial charge in [-0.3, -0.25) is 0 Å². The first-order valence-electron chi connectivity index (χ1n) is 7.25. The van der Waals surface area contributed by atoms with Crippen LogP contribution < -0.4 is 4.74 Å². The van der Waals surface area contributed by atoms with Gasteiger partial charge in [-0.1, -0.05) is 17.3 Å². The Morgan fingerprint density at radius 2 is 2.00 bits per heavy atom. The van der Waals surface area contributed by atoms with E-state index < -0.39 is 0 Å². The van der Waals surface area contributed by atoms with E-state index in [2.05, 4.69) is 17.3 Å². The first-order chi connectivity index (χ1) is 9.78. The summed E-state index contributed by atoms with van der Waals surface area (Å²) in [5.74, 6) is 1.54. The van der Waals surface area contributed by atoms with Crippen molar-refractivity contribution in [3.05, 3.63) is 29.8 Å². The third-order valence-electron chi connectivity index (χ3n) is 3.70. The van der Waals surface area contributed by atoms with Gasteiger partial charge >= 0.3 is 0 Å². The Balaban J connectivity index is 1.76. The standard InChI is InChI=1S/C16H23NO3/c1-13(17-18)2-3-14-4-6-16(7-5-14)20-12-15-8-10-19-11-9-15/h4-7,15,18H,2-3,8-12H2,1H3. The summed E-state index contributed by atoms with van der Waals surface area (Å²) in [5, 5.41) is 11.8. The fourth-order valence-corrected chi connectivity index (χ4v) is 2.25. The molecule has 4 nitrogen and oxygen atoms in total. The molecule has 1 aliphatic heterocycles. The van der Waals surface area contributed by atoms with E-state index in [4.69, 9.17) is 14.7 Å². The molecule has 1 aromatic carbocycles. The van der Waals surface area contributed by atoms with Gasteiger partial charge in [-0.05, 0) is 56.2 Å². The first-order valence-corrected chi connectivity index (χ1v) is 7.25. The molecule has 1 N–H and O–H groups in total. The number of oxime groups is 1. The van der Waals surface area contributed by atoms with Gasteiger partial charge in [-0.25, -0.2) is 0 Å². The van der Waals surface area contributed by atoms with Gasteiger partial charge in [0.1, 0.15) is 5.75 Å². The van der Waals surface area contributed by atoms with Crippen LogP contribution in [0, 0.1) is 5.92 Å². The Bertz CT molecular complexity index is 422. The molecule has 20 heavy (non-hydrogen) atoms. The maximum absolute atomic E-state index is 8.61. The highest BCUT2D eigenvalue weighted by Gasteiger charge is 2.14. The van der Waals surface area contributed by atoms with Crippen LogP contribution in [-0.4, -0.2) is 30.7 Å². The summed E-state index contributed by atoms with van der Waals surface area (Å²) in [5.41, 5.74) is 1.98. The van der Waals surface area contributed by atoms with E-state index in [1.165, 1.54) is 5.56 Å². The minimum absolute atomic E-state index is 0.617. The van der Waals surface area contributed by atoms with Crippen LogP contribution in [-0.2, 0) is 11.2 Å². The number of benzene rings is 1. The highest BCUT2D eigenvalue weighted by atomic mass is 16.5. The van der Waals surface area contributed by atoms with Crippen LogP contribution in [0.2, 0.25) is 0 Å². The third kappa shape index (κ3) is 4.85. The SMILES string of the molecule is CC(CCc1ccc(OCC2CCOCC2)cc1)=NO. The highest BCUT2D eigenvalue weighted by molar-refractivity contribution is 5.81. The number of hydrogen-bond acceptors (Lipinski definition) is 4. The molecule has 110 valence electrons. The molecule has 0 bridgehead atoms. The van der Waals surface area contributed by atoms with Crippen molar-refractivity contribution < 1.29 is 14.7 Å². The molecule has 0 saturated carbocycles. The van der Waals surface area contributed by atoms with Gasteiger partial charge < -0.3 is 14.7 Å². The fraction of sp³-hybridized carbons (Fsp3) is 0.562. The van der Waals surface area contributed by atoms with Gasteiger partial charge in [0.25, 0.3) is 0 Å². The van der Waals surface area contributed by atoms with Gasteiger partial charge in [-0.2, -0.15) is 0 Å². The summed E-state index contributed by atoms with van der Waals surface area (Å²) in [6, 6.07) is 8.17. The molecule has 0 radical (unpaired) electrons. The average Bonchev–Trinajstić information content (AvgIpc) is 2.52. The molecule has 0 aromatic heterocycles. The van der Waals surface area contributed by atoms with E-state index in [0.717, 1.165) is 57.0 Å². The van der Waals surface area contributed by atoms with E-state index in [0.29, 0.717) is 5.92 Å². The normalized spacial score (nSPS) is 17.1. The number of nitrogens with zero attached hydrogens (tertiary/aromatic N) is 1. The molecule has 1 aromatic rings. The zero-order valence-electron chi connectivity index (χ0n) is 12.0. The molecule has 4 heteroatoms. The van der Waals surface area contributed by atoms with Crippen molar-refractivity contribution in [2.75, 3.05) is 19.8 Å². The van der Waals surface area contributed by atoms with Gasteiger partial charge in [0, 0.05) is 13.2 Å². The second-order valence-corrected chi connectivity index (χ2v) is 5.35. The third-order valence-corrected chi connectivity index (χ3v) is 3.70. The van der Waals surface area contributed by atoms with Crippen molar-refractivity contribution in [3.8, 4) is 5.75 Å². The molecule has 0 unspecified atom stereocenters. The average molecular weight is 277 g/mol. The quantitative estimate of drug-likeness (QED) is 0.493.